The third-order valence-corrected chi connectivity index (χ3v) is 4.72. The number of hydrogen-bond donors (Lipinski definition) is 1. The van der Waals surface area contributed by atoms with Crippen LogP contribution in [0.1, 0.15) is 53.7 Å². The molecule has 138 valence electrons. The third-order valence-electron chi connectivity index (χ3n) is 4.38. The second kappa shape index (κ2) is 8.37. The van der Waals surface area contributed by atoms with Crippen LogP contribution in [0, 0.1) is 0 Å². The lowest BCUT2D eigenvalue weighted by Crippen LogP contribution is -2.14. The summed E-state index contributed by atoms with van der Waals surface area (Å²) in [7, 11) is 1.35. The fourth-order valence-electron chi connectivity index (χ4n) is 2.76. The fraction of sp³-hybridized carbons (Fsp3) is 0.333. The van der Waals surface area contributed by atoms with Gasteiger partial charge in [-0.25, -0.2) is 4.79 Å². The predicted molar refractivity (Wildman–Crippen MR) is 104 cm³/mol. The van der Waals surface area contributed by atoms with Gasteiger partial charge in [0.2, 0.25) is 0 Å². The Morgan fingerprint density at radius 3 is 2.15 bits per heavy atom. The summed E-state index contributed by atoms with van der Waals surface area (Å²) in [4.78, 5) is 11.5. The van der Waals surface area contributed by atoms with Crippen LogP contribution in [-0.4, -0.2) is 23.5 Å². The number of carbonyl (C=O) groups excluding carboxylic acids is 1. The molecule has 4 nitrogen and oxygen atoms in total. The summed E-state index contributed by atoms with van der Waals surface area (Å²) in [6.45, 7) is 6.47. The van der Waals surface area contributed by atoms with Crippen LogP contribution >= 0.6 is 11.6 Å². The lowest BCUT2D eigenvalue weighted by molar-refractivity contribution is 0.0600. The summed E-state index contributed by atoms with van der Waals surface area (Å²) in [5.74, 6) is -0.638. The van der Waals surface area contributed by atoms with Crippen molar-refractivity contribution < 1.29 is 14.7 Å². The molecule has 5 heteroatoms. The maximum Gasteiger partial charge on any atom is 0.337 e. The van der Waals surface area contributed by atoms with Gasteiger partial charge in [-0.1, -0.05) is 73.9 Å². The number of esters is 1. The van der Waals surface area contributed by atoms with Gasteiger partial charge in [0.05, 0.1) is 12.7 Å². The smallest absolute Gasteiger partial charge is 0.337 e. The van der Waals surface area contributed by atoms with Crippen LogP contribution < -0.4 is 0 Å². The van der Waals surface area contributed by atoms with E-state index in [1.165, 1.54) is 12.7 Å². The molecule has 2 rings (SSSR count). The van der Waals surface area contributed by atoms with Crippen molar-refractivity contribution in [3.8, 4) is 0 Å². The van der Waals surface area contributed by atoms with E-state index in [-0.39, 0.29) is 22.5 Å². The Labute approximate surface area is 159 Å². The van der Waals surface area contributed by atoms with E-state index in [0.717, 1.165) is 11.1 Å². The maximum atomic E-state index is 11.5. The molecular formula is C21H24ClNO3. The van der Waals surface area contributed by atoms with E-state index in [1.807, 2.05) is 24.3 Å². The lowest BCUT2D eigenvalue weighted by Gasteiger charge is -2.21. The molecule has 2 aromatic rings. The molecular weight excluding hydrogens is 350 g/mol. The largest absolute Gasteiger partial charge is 0.465 e. The summed E-state index contributed by atoms with van der Waals surface area (Å²) in [6, 6.07) is 15.3. The molecule has 0 saturated carbocycles. The summed E-state index contributed by atoms with van der Waals surface area (Å²) in [5.41, 5.74) is 3.72. The summed E-state index contributed by atoms with van der Waals surface area (Å²) >= 11 is 6.18. The van der Waals surface area contributed by atoms with Crippen molar-refractivity contribution in [3.63, 3.8) is 0 Å². The van der Waals surface area contributed by atoms with Gasteiger partial charge >= 0.3 is 5.97 Å². The van der Waals surface area contributed by atoms with Crippen molar-refractivity contribution in [2.75, 3.05) is 7.11 Å². The maximum absolute atomic E-state index is 11.5. The first-order chi connectivity index (χ1) is 12.3. The van der Waals surface area contributed by atoms with E-state index in [2.05, 4.69) is 38.1 Å². The van der Waals surface area contributed by atoms with Crippen molar-refractivity contribution in [1.29, 1.82) is 0 Å². The normalized spacial score (nSPS) is 13.3. The Kier molecular flexibility index (Phi) is 6.43. The molecule has 0 radical (unpaired) electrons. The van der Waals surface area contributed by atoms with Crippen LogP contribution in [0.5, 0.6) is 0 Å². The Morgan fingerprint density at radius 1 is 1.12 bits per heavy atom. The van der Waals surface area contributed by atoms with Gasteiger partial charge < -0.3 is 9.94 Å². The van der Waals surface area contributed by atoms with E-state index >= 15 is 0 Å². The molecule has 0 amide bonds. The minimum Gasteiger partial charge on any atom is -0.465 e. The van der Waals surface area contributed by atoms with Gasteiger partial charge in [0.1, 0.15) is 0 Å². The van der Waals surface area contributed by atoms with E-state index < -0.39 is 0 Å². The molecule has 0 aliphatic carbocycles. The van der Waals surface area contributed by atoms with E-state index in [9.17, 15) is 10.0 Å². The minimum atomic E-state index is -0.374. The van der Waals surface area contributed by atoms with Gasteiger partial charge in [0.15, 0.2) is 5.17 Å². The molecule has 2 aromatic carbocycles. The highest BCUT2D eigenvalue weighted by Gasteiger charge is 2.20. The minimum absolute atomic E-state index is 0.0621. The summed E-state index contributed by atoms with van der Waals surface area (Å²) in [6.07, 6.45) is 0.555. The van der Waals surface area contributed by atoms with E-state index in [4.69, 9.17) is 16.3 Å². The van der Waals surface area contributed by atoms with Crippen LogP contribution in [0.3, 0.4) is 0 Å². The number of nitrogens with zero attached hydrogens (tertiary/aromatic N) is 1. The Hall–Kier alpha value is -2.33. The molecule has 0 heterocycles. The first kappa shape index (κ1) is 20.0. The second-order valence-electron chi connectivity index (χ2n) is 7.24. The number of halogens is 1. The van der Waals surface area contributed by atoms with Crippen LogP contribution in [-0.2, 0) is 16.6 Å². The standard InChI is InChI=1S/C21H24ClNO3/c1-21(2,3)17-11-9-15(10-12-17)18(19(22)23-25)13-14-5-7-16(8-6-14)20(24)26-4/h5-12,18,25H,13H2,1-4H3/b23-19-. The van der Waals surface area contributed by atoms with Crippen LogP contribution in [0.15, 0.2) is 53.7 Å². The van der Waals surface area contributed by atoms with Crippen molar-refractivity contribution in [1.82, 2.24) is 0 Å². The number of benzene rings is 2. The van der Waals surface area contributed by atoms with Gasteiger partial charge in [0.25, 0.3) is 0 Å². The first-order valence-corrected chi connectivity index (χ1v) is 8.79. The molecule has 0 bridgehead atoms. The zero-order valence-electron chi connectivity index (χ0n) is 15.5. The molecule has 0 aromatic heterocycles. The molecule has 26 heavy (non-hydrogen) atoms. The van der Waals surface area contributed by atoms with Gasteiger partial charge in [-0.15, -0.1) is 0 Å². The van der Waals surface area contributed by atoms with Crippen molar-refractivity contribution in [2.24, 2.45) is 5.16 Å². The monoisotopic (exact) mass is 373 g/mol. The van der Waals surface area contributed by atoms with Gasteiger partial charge in [-0.3, -0.25) is 0 Å². The van der Waals surface area contributed by atoms with E-state index in [1.54, 1.807) is 12.1 Å². The second-order valence-corrected chi connectivity index (χ2v) is 7.63. The van der Waals surface area contributed by atoms with Gasteiger partial charge in [-0.05, 0) is 40.7 Å². The van der Waals surface area contributed by atoms with Crippen molar-refractivity contribution in [3.05, 3.63) is 70.8 Å². The highest BCUT2D eigenvalue weighted by Crippen LogP contribution is 2.28. The Balaban J connectivity index is 2.27. The molecule has 0 aliphatic heterocycles. The zero-order chi connectivity index (χ0) is 19.3. The molecule has 0 fully saturated rings. The average Bonchev–Trinajstić information content (AvgIpc) is 2.64. The number of carbonyl (C=O) groups is 1. The number of hydrogen-bond acceptors (Lipinski definition) is 4. The van der Waals surface area contributed by atoms with Crippen LogP contribution in [0.4, 0.5) is 0 Å². The molecule has 0 saturated heterocycles. The summed E-state index contributed by atoms with van der Waals surface area (Å²) in [5, 5.41) is 12.5. The zero-order valence-corrected chi connectivity index (χ0v) is 16.2. The van der Waals surface area contributed by atoms with E-state index in [0.29, 0.717) is 12.0 Å². The molecule has 1 N–H and O–H groups in total. The summed E-state index contributed by atoms with van der Waals surface area (Å²) < 4.78 is 4.71. The lowest BCUT2D eigenvalue weighted by atomic mass is 9.85. The topological polar surface area (TPSA) is 58.9 Å². The third kappa shape index (κ3) is 4.85. The Morgan fingerprint density at radius 2 is 1.69 bits per heavy atom. The van der Waals surface area contributed by atoms with Crippen molar-refractivity contribution in [2.45, 2.75) is 38.5 Å². The number of methoxy groups -OCH3 is 1. The highest BCUT2D eigenvalue weighted by molar-refractivity contribution is 6.66. The average molecular weight is 374 g/mol. The predicted octanol–water partition coefficient (Wildman–Crippen LogP) is 5.12. The number of oxime groups is 1. The highest BCUT2D eigenvalue weighted by atomic mass is 35.5. The molecule has 0 aliphatic rings. The number of ether oxygens (including phenoxy) is 1. The first-order valence-electron chi connectivity index (χ1n) is 8.41. The quantitative estimate of drug-likeness (QED) is 0.342. The molecule has 1 atom stereocenters. The van der Waals surface area contributed by atoms with Crippen LogP contribution in [0.25, 0.3) is 0 Å². The fourth-order valence-corrected chi connectivity index (χ4v) is 2.96. The van der Waals surface area contributed by atoms with Gasteiger partial charge in [0, 0.05) is 5.92 Å². The SMILES string of the molecule is COC(=O)c1ccc(CC(/C(Cl)=N/O)c2ccc(C(C)(C)C)cc2)cc1. The Bertz CT molecular complexity index is 774. The molecule has 1 unspecified atom stereocenters. The molecule has 0 spiro atoms. The number of rotatable bonds is 5. The van der Waals surface area contributed by atoms with Gasteiger partial charge in [-0.2, -0.15) is 0 Å². The van der Waals surface area contributed by atoms with Crippen molar-refractivity contribution >= 4 is 22.7 Å². The van der Waals surface area contributed by atoms with Crippen LogP contribution in [0.2, 0.25) is 0 Å².